The van der Waals surface area contributed by atoms with Gasteiger partial charge in [0.05, 0.1) is 23.8 Å². The molecule has 8 heteroatoms. The number of hydrogen-bond acceptors (Lipinski definition) is 5. The quantitative estimate of drug-likeness (QED) is 0.550. The Morgan fingerprint density at radius 1 is 0.966 bits per heavy atom. The van der Waals surface area contributed by atoms with Crippen LogP contribution in [0.25, 0.3) is 11.8 Å². The summed E-state index contributed by atoms with van der Waals surface area (Å²) in [6.07, 6.45) is 7.85. The Bertz CT molecular complexity index is 1150. The second-order valence-electron chi connectivity index (χ2n) is 6.54. The molecule has 144 valence electrons. The molecule has 0 aromatic carbocycles. The summed E-state index contributed by atoms with van der Waals surface area (Å²) in [5, 5.41) is 2.22. The Morgan fingerprint density at radius 2 is 1.62 bits per heavy atom. The van der Waals surface area contributed by atoms with Crippen molar-refractivity contribution in [3.63, 3.8) is 0 Å². The van der Waals surface area contributed by atoms with Crippen molar-refractivity contribution < 1.29 is 14.4 Å². The summed E-state index contributed by atoms with van der Waals surface area (Å²) in [6.45, 7) is 3.82. The molecule has 29 heavy (non-hydrogen) atoms. The van der Waals surface area contributed by atoms with Gasteiger partial charge in [0.2, 0.25) is 0 Å². The van der Waals surface area contributed by atoms with Gasteiger partial charge >= 0.3 is 6.03 Å². The molecule has 4 rings (SSSR count). The number of pyridine rings is 2. The zero-order valence-corrected chi connectivity index (χ0v) is 15.8. The van der Waals surface area contributed by atoms with E-state index in [-0.39, 0.29) is 11.3 Å². The van der Waals surface area contributed by atoms with Gasteiger partial charge in [-0.2, -0.15) is 0 Å². The molecule has 0 atom stereocenters. The molecular weight excluding hydrogens is 370 g/mol. The van der Waals surface area contributed by atoms with Crippen molar-refractivity contribution in [1.82, 2.24) is 19.9 Å². The van der Waals surface area contributed by atoms with E-state index in [0.717, 1.165) is 22.0 Å². The first-order chi connectivity index (χ1) is 14.0. The highest BCUT2D eigenvalue weighted by molar-refractivity contribution is 6.39. The molecule has 0 spiro atoms. The Balaban J connectivity index is 1.77. The molecule has 4 amide bonds. The zero-order chi connectivity index (χ0) is 20.5. The van der Waals surface area contributed by atoms with E-state index in [0.29, 0.717) is 5.56 Å². The summed E-state index contributed by atoms with van der Waals surface area (Å²) in [5.41, 5.74) is 3.50. The van der Waals surface area contributed by atoms with Crippen molar-refractivity contribution in [3.8, 4) is 5.69 Å². The molecule has 8 nitrogen and oxygen atoms in total. The van der Waals surface area contributed by atoms with Gasteiger partial charge < -0.3 is 4.57 Å². The lowest BCUT2D eigenvalue weighted by Gasteiger charge is -2.26. The first-order valence-corrected chi connectivity index (χ1v) is 8.88. The van der Waals surface area contributed by atoms with E-state index < -0.39 is 17.8 Å². The smallest absolute Gasteiger partial charge is 0.316 e. The minimum atomic E-state index is -0.800. The first-order valence-electron chi connectivity index (χ1n) is 8.88. The monoisotopic (exact) mass is 387 g/mol. The van der Waals surface area contributed by atoms with E-state index >= 15 is 0 Å². The van der Waals surface area contributed by atoms with Crippen molar-refractivity contribution >= 4 is 29.6 Å². The van der Waals surface area contributed by atoms with Crippen LogP contribution in [0.15, 0.2) is 60.7 Å². The third kappa shape index (κ3) is 3.20. The van der Waals surface area contributed by atoms with E-state index in [1.54, 1.807) is 24.5 Å². The van der Waals surface area contributed by atoms with Gasteiger partial charge in [0.1, 0.15) is 5.57 Å². The highest BCUT2D eigenvalue weighted by Gasteiger charge is 2.37. The Kier molecular flexibility index (Phi) is 4.52. The molecule has 4 heterocycles. The highest BCUT2D eigenvalue weighted by Crippen LogP contribution is 2.25. The Hall–Kier alpha value is -4.07. The molecule has 1 fully saturated rings. The fourth-order valence-corrected chi connectivity index (χ4v) is 3.35. The van der Waals surface area contributed by atoms with Gasteiger partial charge in [0.15, 0.2) is 0 Å². The topological polar surface area (TPSA) is 97.2 Å². The van der Waals surface area contributed by atoms with Gasteiger partial charge in [0.25, 0.3) is 11.8 Å². The summed E-state index contributed by atoms with van der Waals surface area (Å²) in [7, 11) is 0. The number of anilines is 1. The van der Waals surface area contributed by atoms with Crippen molar-refractivity contribution in [2.75, 3.05) is 4.90 Å². The number of amides is 4. The minimum Gasteiger partial charge on any atom is -0.316 e. The predicted molar refractivity (Wildman–Crippen MR) is 106 cm³/mol. The van der Waals surface area contributed by atoms with Crippen molar-refractivity contribution in [2.45, 2.75) is 13.8 Å². The molecule has 1 aliphatic heterocycles. The van der Waals surface area contributed by atoms with Crippen LogP contribution in [0.1, 0.15) is 17.0 Å². The number of nitrogens with one attached hydrogen (secondary N) is 1. The summed E-state index contributed by atoms with van der Waals surface area (Å²) in [5.74, 6) is -1.43. The number of rotatable bonds is 3. The number of barbiturate groups is 1. The molecule has 0 bridgehead atoms. The molecule has 0 radical (unpaired) electrons. The van der Waals surface area contributed by atoms with Crippen LogP contribution in [0.2, 0.25) is 0 Å². The SMILES string of the molecule is Cc1cc(/C=C2\C(=O)NC(=O)N(c3cccnc3)C2=O)c(C)n1-c1cccnc1. The summed E-state index contributed by atoms with van der Waals surface area (Å²) in [6, 6.07) is 8.02. The molecule has 0 saturated carbocycles. The summed E-state index contributed by atoms with van der Waals surface area (Å²) >= 11 is 0. The van der Waals surface area contributed by atoms with Crippen molar-refractivity contribution in [1.29, 1.82) is 0 Å². The molecular formula is C21H17N5O3. The number of nitrogens with zero attached hydrogens (tertiary/aromatic N) is 4. The Morgan fingerprint density at radius 3 is 2.24 bits per heavy atom. The maximum Gasteiger partial charge on any atom is 0.336 e. The molecule has 0 unspecified atom stereocenters. The largest absolute Gasteiger partial charge is 0.336 e. The number of carbonyl (C=O) groups excluding carboxylic acids is 3. The molecule has 1 aliphatic rings. The van der Waals surface area contributed by atoms with Gasteiger partial charge in [-0.15, -0.1) is 0 Å². The number of urea groups is 1. The summed E-state index contributed by atoms with van der Waals surface area (Å²) < 4.78 is 1.98. The van der Waals surface area contributed by atoms with Crippen molar-refractivity contribution in [2.24, 2.45) is 0 Å². The first kappa shape index (κ1) is 18.3. The average molecular weight is 387 g/mol. The lowest BCUT2D eigenvalue weighted by molar-refractivity contribution is -0.122. The Labute approximate surface area is 166 Å². The van der Waals surface area contributed by atoms with Crippen LogP contribution in [0, 0.1) is 13.8 Å². The van der Waals surface area contributed by atoms with Gasteiger partial charge in [-0.05, 0) is 55.8 Å². The second kappa shape index (κ2) is 7.16. The zero-order valence-electron chi connectivity index (χ0n) is 15.8. The second-order valence-corrected chi connectivity index (χ2v) is 6.54. The third-order valence-corrected chi connectivity index (χ3v) is 4.68. The normalized spacial score (nSPS) is 15.7. The number of carbonyl (C=O) groups is 3. The number of hydrogen-bond donors (Lipinski definition) is 1. The lowest BCUT2D eigenvalue weighted by atomic mass is 10.1. The van der Waals surface area contributed by atoms with Gasteiger partial charge in [-0.25, -0.2) is 9.69 Å². The van der Waals surface area contributed by atoms with E-state index in [4.69, 9.17) is 0 Å². The average Bonchev–Trinajstić information content (AvgIpc) is 2.99. The van der Waals surface area contributed by atoms with Gasteiger partial charge in [-0.1, -0.05) is 0 Å². The maximum absolute atomic E-state index is 13.0. The van der Waals surface area contributed by atoms with Crippen LogP contribution in [0.5, 0.6) is 0 Å². The molecule has 3 aromatic heterocycles. The number of aryl methyl sites for hydroxylation is 1. The minimum absolute atomic E-state index is 0.125. The molecule has 1 saturated heterocycles. The van der Waals surface area contributed by atoms with E-state index in [1.165, 1.54) is 18.5 Å². The molecule has 1 N–H and O–H groups in total. The predicted octanol–water partition coefficient (Wildman–Crippen LogP) is 2.55. The third-order valence-electron chi connectivity index (χ3n) is 4.68. The van der Waals surface area contributed by atoms with Gasteiger partial charge in [0, 0.05) is 23.8 Å². The van der Waals surface area contributed by atoms with E-state index in [1.807, 2.05) is 36.6 Å². The van der Waals surface area contributed by atoms with Crippen LogP contribution < -0.4 is 10.2 Å². The number of aromatic nitrogens is 3. The van der Waals surface area contributed by atoms with Crippen LogP contribution in [0.3, 0.4) is 0 Å². The van der Waals surface area contributed by atoms with Gasteiger partial charge in [-0.3, -0.25) is 24.9 Å². The van der Waals surface area contributed by atoms with Crippen LogP contribution >= 0.6 is 0 Å². The fraction of sp³-hybridized carbons (Fsp3) is 0.0952. The van der Waals surface area contributed by atoms with Crippen LogP contribution in [-0.4, -0.2) is 32.4 Å². The number of imide groups is 2. The van der Waals surface area contributed by atoms with E-state index in [9.17, 15) is 14.4 Å². The highest BCUT2D eigenvalue weighted by atomic mass is 16.2. The van der Waals surface area contributed by atoms with Crippen molar-refractivity contribution in [3.05, 3.63) is 77.6 Å². The maximum atomic E-state index is 13.0. The molecule has 0 aliphatic carbocycles. The van der Waals surface area contributed by atoms with Crippen LogP contribution in [0.4, 0.5) is 10.5 Å². The standard InChI is InChI=1S/C21H17N5O3/c1-13-9-15(14(2)25(13)16-5-3-7-22-11-16)10-18-19(27)24-21(29)26(20(18)28)17-6-4-8-23-12-17/h3-12H,1-2H3,(H,24,27,29)/b18-10+. The fourth-order valence-electron chi connectivity index (χ4n) is 3.35. The van der Waals surface area contributed by atoms with E-state index in [2.05, 4.69) is 15.3 Å². The lowest BCUT2D eigenvalue weighted by Crippen LogP contribution is -2.54. The molecule has 3 aromatic rings. The van der Waals surface area contributed by atoms with Crippen LogP contribution in [-0.2, 0) is 9.59 Å². The summed E-state index contributed by atoms with van der Waals surface area (Å²) in [4.78, 5) is 46.6.